The van der Waals surface area contributed by atoms with Gasteiger partial charge in [-0.25, -0.2) is 9.37 Å². The number of hydrogen-bond donors (Lipinski definition) is 1. The van der Waals surface area contributed by atoms with Crippen LogP contribution >= 0.6 is 31.9 Å². The highest BCUT2D eigenvalue weighted by Gasteiger charge is 2.19. The van der Waals surface area contributed by atoms with Crippen LogP contribution in [0.15, 0.2) is 104 Å². The van der Waals surface area contributed by atoms with Gasteiger partial charge in [-0.05, 0) is 74.3 Å². The van der Waals surface area contributed by atoms with Crippen LogP contribution < -0.4 is 20.3 Å². The minimum atomic E-state index is -0.441. The average molecular weight is 680 g/mol. The summed E-state index contributed by atoms with van der Waals surface area (Å²) in [7, 11) is 1.47. The molecular formula is C30H21Br2FN4O4. The summed E-state index contributed by atoms with van der Waals surface area (Å²) in [6.45, 7) is -0.329. The van der Waals surface area contributed by atoms with E-state index in [1.54, 1.807) is 24.3 Å². The number of rotatable bonds is 8. The van der Waals surface area contributed by atoms with Gasteiger partial charge in [0.2, 0.25) is 0 Å². The van der Waals surface area contributed by atoms with E-state index in [4.69, 9.17) is 14.5 Å². The fourth-order valence-corrected chi connectivity index (χ4v) is 4.91. The van der Waals surface area contributed by atoms with E-state index >= 15 is 0 Å². The molecule has 1 N–H and O–H groups in total. The summed E-state index contributed by atoms with van der Waals surface area (Å²) < 4.78 is 26.7. The highest BCUT2D eigenvalue weighted by atomic mass is 79.9. The predicted octanol–water partition coefficient (Wildman–Crippen LogP) is 6.64. The highest BCUT2D eigenvalue weighted by molar-refractivity contribution is 9.13. The number of carbonyl (C=O) groups excluding carboxylic acids is 1. The number of hydrogen-bond acceptors (Lipinski definition) is 6. The molecule has 41 heavy (non-hydrogen) atoms. The summed E-state index contributed by atoms with van der Waals surface area (Å²) in [5, 5.41) is 7.59. The number of aromatic nitrogens is 2. The van der Waals surface area contributed by atoms with Gasteiger partial charge in [-0.1, -0.05) is 42.5 Å². The molecule has 0 fully saturated rings. The van der Waals surface area contributed by atoms with Crippen molar-refractivity contribution in [2.75, 3.05) is 19.0 Å². The Kier molecular flexibility index (Phi) is 8.55. The summed E-state index contributed by atoms with van der Waals surface area (Å²) in [5.74, 6) is 0.145. The third kappa shape index (κ3) is 6.21. The Bertz CT molecular complexity index is 1830. The number of nitrogens with zero attached hydrogens (tertiary/aromatic N) is 3. The van der Waals surface area contributed by atoms with Crippen molar-refractivity contribution in [1.29, 1.82) is 0 Å². The molecule has 0 atom stereocenters. The second-order valence-electron chi connectivity index (χ2n) is 8.65. The van der Waals surface area contributed by atoms with Crippen LogP contribution in [-0.2, 0) is 4.79 Å². The first kappa shape index (κ1) is 28.2. The molecule has 1 amide bonds. The zero-order valence-corrected chi connectivity index (χ0v) is 24.6. The zero-order chi connectivity index (χ0) is 28.9. The van der Waals surface area contributed by atoms with E-state index in [9.17, 15) is 14.0 Å². The Morgan fingerprint density at radius 2 is 1.73 bits per heavy atom. The van der Waals surface area contributed by atoms with Gasteiger partial charge in [0.1, 0.15) is 5.82 Å². The molecule has 0 spiro atoms. The van der Waals surface area contributed by atoms with E-state index in [0.717, 1.165) is 5.56 Å². The van der Waals surface area contributed by atoms with Gasteiger partial charge in [0.15, 0.2) is 23.9 Å². The Morgan fingerprint density at radius 3 is 2.46 bits per heavy atom. The molecule has 11 heteroatoms. The van der Waals surface area contributed by atoms with Crippen molar-refractivity contribution in [3.8, 4) is 22.9 Å². The van der Waals surface area contributed by atoms with E-state index in [-0.39, 0.29) is 17.9 Å². The second kappa shape index (κ2) is 12.4. The maximum Gasteiger partial charge on any atom is 0.282 e. The third-order valence-corrected chi connectivity index (χ3v) is 8.09. The number of methoxy groups -OCH3 is 1. The first-order valence-electron chi connectivity index (χ1n) is 12.2. The Hall–Kier alpha value is -4.35. The van der Waals surface area contributed by atoms with Crippen molar-refractivity contribution < 1.29 is 18.7 Å². The SMILES string of the molecule is COc1cc(C=Nn2c(-c3ccccc3)nc3ccccc3c2=O)c(Br)c(Br)c1OCC(=O)Nc1ccc(F)cc1. The van der Waals surface area contributed by atoms with Crippen LogP contribution in [-0.4, -0.2) is 35.5 Å². The van der Waals surface area contributed by atoms with Crippen molar-refractivity contribution >= 4 is 60.6 Å². The number of nitrogens with one attached hydrogen (secondary N) is 1. The highest BCUT2D eigenvalue weighted by Crippen LogP contribution is 2.42. The van der Waals surface area contributed by atoms with Gasteiger partial charge in [-0.2, -0.15) is 9.78 Å². The maximum absolute atomic E-state index is 13.5. The van der Waals surface area contributed by atoms with Crippen molar-refractivity contribution in [1.82, 2.24) is 9.66 Å². The van der Waals surface area contributed by atoms with E-state index in [2.05, 4.69) is 42.3 Å². The van der Waals surface area contributed by atoms with Gasteiger partial charge in [0, 0.05) is 21.3 Å². The Morgan fingerprint density at radius 1 is 1.02 bits per heavy atom. The Labute approximate surface area is 250 Å². The van der Waals surface area contributed by atoms with E-state index in [1.165, 1.54) is 42.3 Å². The number of para-hydroxylation sites is 1. The number of benzene rings is 4. The quantitative estimate of drug-likeness (QED) is 0.186. The topological polar surface area (TPSA) is 94.8 Å². The van der Waals surface area contributed by atoms with Gasteiger partial charge < -0.3 is 14.8 Å². The molecule has 5 rings (SSSR count). The molecule has 206 valence electrons. The van der Waals surface area contributed by atoms with E-state index in [0.29, 0.717) is 42.7 Å². The summed E-state index contributed by atoms with van der Waals surface area (Å²) in [4.78, 5) is 30.6. The molecule has 0 aliphatic carbocycles. The first-order chi connectivity index (χ1) is 19.9. The molecular weight excluding hydrogens is 659 g/mol. The minimum absolute atomic E-state index is 0.278. The molecule has 0 unspecified atom stereocenters. The summed E-state index contributed by atoms with van der Waals surface area (Å²) in [6.07, 6.45) is 1.51. The van der Waals surface area contributed by atoms with Crippen LogP contribution in [0, 0.1) is 5.82 Å². The molecule has 0 radical (unpaired) electrons. The molecule has 0 saturated heterocycles. The van der Waals surface area contributed by atoms with Gasteiger partial charge in [0.25, 0.3) is 11.5 Å². The molecule has 1 aromatic heterocycles. The van der Waals surface area contributed by atoms with Crippen molar-refractivity contribution in [2.24, 2.45) is 5.10 Å². The van der Waals surface area contributed by atoms with Crippen molar-refractivity contribution in [2.45, 2.75) is 0 Å². The van der Waals surface area contributed by atoms with Crippen LogP contribution in [0.3, 0.4) is 0 Å². The normalized spacial score (nSPS) is 11.1. The standard InChI is InChI=1S/C30H21Br2FN4O4/c1-40-24-15-19(26(31)27(32)28(24)41-17-25(38)35-21-13-11-20(33)12-14-21)16-34-37-29(18-7-3-2-4-8-18)36-23-10-6-5-9-22(23)30(37)39/h2-16H,17H2,1H3,(H,35,38). The molecule has 0 aliphatic heterocycles. The summed E-state index contributed by atoms with van der Waals surface area (Å²) >= 11 is 7.05. The van der Waals surface area contributed by atoms with Gasteiger partial charge in [0.05, 0.1) is 28.7 Å². The van der Waals surface area contributed by atoms with E-state index < -0.39 is 11.7 Å². The lowest BCUT2D eigenvalue weighted by Gasteiger charge is -2.15. The van der Waals surface area contributed by atoms with Crippen LogP contribution in [0.2, 0.25) is 0 Å². The summed E-state index contributed by atoms with van der Waals surface area (Å²) in [5.41, 5.74) is 1.98. The smallest absolute Gasteiger partial charge is 0.282 e. The average Bonchev–Trinajstić information content (AvgIpc) is 2.99. The number of fused-ring (bicyclic) bond motifs is 1. The molecule has 8 nitrogen and oxygen atoms in total. The fourth-order valence-electron chi connectivity index (χ4n) is 3.98. The zero-order valence-electron chi connectivity index (χ0n) is 21.5. The number of ether oxygens (including phenoxy) is 2. The van der Waals surface area contributed by atoms with Crippen LogP contribution in [0.25, 0.3) is 22.3 Å². The molecule has 4 aromatic carbocycles. The third-order valence-electron chi connectivity index (χ3n) is 5.95. The summed E-state index contributed by atoms with van der Waals surface area (Å²) in [6, 6.07) is 23.5. The molecule has 0 aliphatic rings. The monoisotopic (exact) mass is 678 g/mol. The van der Waals surface area contributed by atoms with Crippen molar-refractivity contribution in [3.63, 3.8) is 0 Å². The van der Waals surface area contributed by atoms with Gasteiger partial charge >= 0.3 is 0 Å². The molecule has 1 heterocycles. The largest absolute Gasteiger partial charge is 0.493 e. The predicted molar refractivity (Wildman–Crippen MR) is 163 cm³/mol. The van der Waals surface area contributed by atoms with Crippen LogP contribution in [0.5, 0.6) is 11.5 Å². The maximum atomic E-state index is 13.5. The molecule has 5 aromatic rings. The second-order valence-corrected chi connectivity index (χ2v) is 10.2. The van der Waals surface area contributed by atoms with E-state index in [1.807, 2.05) is 36.4 Å². The lowest BCUT2D eigenvalue weighted by atomic mass is 10.2. The van der Waals surface area contributed by atoms with Gasteiger partial charge in [-0.3, -0.25) is 9.59 Å². The lowest BCUT2D eigenvalue weighted by molar-refractivity contribution is -0.118. The van der Waals surface area contributed by atoms with Crippen LogP contribution in [0.4, 0.5) is 10.1 Å². The van der Waals surface area contributed by atoms with Crippen molar-refractivity contribution in [3.05, 3.63) is 116 Å². The molecule has 0 saturated carbocycles. The number of anilines is 1. The number of halogens is 3. The fraction of sp³-hybridized carbons (Fsp3) is 0.0667. The van der Waals surface area contributed by atoms with Gasteiger partial charge in [-0.15, -0.1) is 0 Å². The Balaban J connectivity index is 1.46. The molecule has 0 bridgehead atoms. The number of amides is 1. The minimum Gasteiger partial charge on any atom is -0.493 e. The lowest BCUT2D eigenvalue weighted by Crippen LogP contribution is -2.21. The number of carbonyl (C=O) groups is 1. The first-order valence-corrected chi connectivity index (χ1v) is 13.8. The van der Waals surface area contributed by atoms with Crippen LogP contribution in [0.1, 0.15) is 5.56 Å².